The van der Waals surface area contributed by atoms with Crippen molar-refractivity contribution in [1.82, 2.24) is 5.01 Å². The number of hydrogen-bond acceptors (Lipinski definition) is 6. The summed E-state index contributed by atoms with van der Waals surface area (Å²) in [5.41, 5.74) is 5.78. The molecule has 1 N–H and O–H groups in total. The molecule has 3 aromatic carbocycles. The Balaban J connectivity index is 1.75. The standard InChI is InChI=1S/C25H23N3O4/c1-30-20-12-9-17(10-13-20)15-21-25(29)28(27-19-7-5-4-6-8-19)24(26-21)18-11-14-22(31-2)23(16-18)32-3/h4-16,27H,1-3H3/b21-15+. The van der Waals surface area contributed by atoms with Crippen LogP contribution >= 0.6 is 0 Å². The van der Waals surface area contributed by atoms with E-state index >= 15 is 0 Å². The normalized spacial score (nSPS) is 14.3. The molecule has 0 aromatic heterocycles. The number of benzene rings is 3. The Morgan fingerprint density at radius 2 is 1.56 bits per heavy atom. The van der Waals surface area contributed by atoms with Gasteiger partial charge >= 0.3 is 0 Å². The molecule has 0 bridgehead atoms. The van der Waals surface area contributed by atoms with E-state index in [1.807, 2.05) is 60.7 Å². The first-order valence-electron chi connectivity index (χ1n) is 9.96. The second-order valence-corrected chi connectivity index (χ2v) is 6.93. The highest BCUT2D eigenvalue weighted by atomic mass is 16.5. The summed E-state index contributed by atoms with van der Waals surface area (Å²) in [6.07, 6.45) is 1.75. The smallest absolute Gasteiger partial charge is 0.297 e. The van der Waals surface area contributed by atoms with E-state index in [0.29, 0.717) is 28.6 Å². The number of aliphatic imine (C=N–C) groups is 1. The Morgan fingerprint density at radius 3 is 2.22 bits per heavy atom. The van der Waals surface area contributed by atoms with Crippen LogP contribution in [0.4, 0.5) is 5.69 Å². The van der Waals surface area contributed by atoms with Gasteiger partial charge in [-0.05, 0) is 54.1 Å². The molecule has 7 heteroatoms. The minimum atomic E-state index is -0.269. The predicted molar refractivity (Wildman–Crippen MR) is 124 cm³/mol. The number of hydrazine groups is 1. The molecule has 3 aromatic rings. The van der Waals surface area contributed by atoms with E-state index in [9.17, 15) is 4.79 Å². The molecule has 7 nitrogen and oxygen atoms in total. The molecule has 1 aliphatic heterocycles. The number of rotatable bonds is 7. The van der Waals surface area contributed by atoms with Crippen LogP contribution in [0.1, 0.15) is 11.1 Å². The first-order valence-corrected chi connectivity index (χ1v) is 9.96. The number of methoxy groups -OCH3 is 3. The fourth-order valence-electron chi connectivity index (χ4n) is 3.29. The molecule has 0 unspecified atom stereocenters. The molecular weight excluding hydrogens is 406 g/mol. The second kappa shape index (κ2) is 9.26. The fourth-order valence-corrected chi connectivity index (χ4v) is 3.29. The SMILES string of the molecule is COc1ccc(/C=C2/N=C(c3ccc(OC)c(OC)c3)N(Nc3ccccc3)C2=O)cc1. The monoisotopic (exact) mass is 429 g/mol. The lowest BCUT2D eigenvalue weighted by molar-refractivity contribution is -0.121. The van der Waals surface area contributed by atoms with E-state index in [2.05, 4.69) is 10.4 Å². The summed E-state index contributed by atoms with van der Waals surface area (Å²) in [6.45, 7) is 0. The number of ether oxygens (including phenoxy) is 3. The van der Waals surface area contributed by atoms with E-state index in [0.717, 1.165) is 17.0 Å². The molecule has 32 heavy (non-hydrogen) atoms. The van der Waals surface area contributed by atoms with E-state index in [-0.39, 0.29) is 5.91 Å². The van der Waals surface area contributed by atoms with Crippen molar-refractivity contribution in [1.29, 1.82) is 0 Å². The number of carbonyl (C=O) groups is 1. The van der Waals surface area contributed by atoms with Crippen molar-refractivity contribution < 1.29 is 19.0 Å². The number of nitrogens with zero attached hydrogens (tertiary/aromatic N) is 2. The van der Waals surface area contributed by atoms with Crippen LogP contribution in [0.15, 0.2) is 83.5 Å². The molecule has 162 valence electrons. The summed E-state index contributed by atoms with van der Waals surface area (Å²) in [6, 6.07) is 22.3. The Hall–Kier alpha value is -4.26. The minimum absolute atomic E-state index is 0.269. The van der Waals surface area contributed by atoms with Crippen LogP contribution in [0.25, 0.3) is 6.08 Å². The van der Waals surface area contributed by atoms with Gasteiger partial charge < -0.3 is 14.2 Å². The van der Waals surface area contributed by atoms with E-state index < -0.39 is 0 Å². The van der Waals surface area contributed by atoms with Gasteiger partial charge in [-0.25, -0.2) is 4.99 Å². The summed E-state index contributed by atoms with van der Waals surface area (Å²) in [7, 11) is 4.76. The molecular formula is C25H23N3O4. The van der Waals surface area contributed by atoms with Crippen LogP contribution in [-0.4, -0.2) is 38.1 Å². The van der Waals surface area contributed by atoms with Gasteiger partial charge in [0.25, 0.3) is 5.91 Å². The Bertz CT molecular complexity index is 1170. The number of anilines is 1. The molecule has 4 rings (SSSR count). The molecule has 0 spiro atoms. The zero-order valence-corrected chi connectivity index (χ0v) is 18.0. The van der Waals surface area contributed by atoms with Crippen molar-refractivity contribution in [2.24, 2.45) is 4.99 Å². The largest absolute Gasteiger partial charge is 0.497 e. The lowest BCUT2D eigenvalue weighted by atomic mass is 10.2. The third kappa shape index (κ3) is 4.27. The van der Waals surface area contributed by atoms with Gasteiger partial charge in [-0.2, -0.15) is 5.01 Å². The van der Waals surface area contributed by atoms with Crippen LogP contribution < -0.4 is 19.6 Å². The number of carbonyl (C=O) groups excluding carboxylic acids is 1. The van der Waals surface area contributed by atoms with Gasteiger partial charge in [0.05, 0.1) is 27.0 Å². The van der Waals surface area contributed by atoms with Crippen LogP contribution in [0.3, 0.4) is 0 Å². The Kier molecular flexibility index (Phi) is 6.07. The molecule has 0 aliphatic carbocycles. The number of para-hydroxylation sites is 1. The summed E-state index contributed by atoms with van der Waals surface area (Å²) in [5, 5.41) is 1.44. The topological polar surface area (TPSA) is 72.4 Å². The molecule has 1 heterocycles. The summed E-state index contributed by atoms with van der Waals surface area (Å²) >= 11 is 0. The van der Waals surface area contributed by atoms with Gasteiger partial charge in [0, 0.05) is 5.56 Å². The van der Waals surface area contributed by atoms with Crippen molar-refractivity contribution >= 4 is 23.5 Å². The van der Waals surface area contributed by atoms with E-state index in [4.69, 9.17) is 14.2 Å². The zero-order chi connectivity index (χ0) is 22.5. The number of amidine groups is 1. The highest BCUT2D eigenvalue weighted by molar-refractivity contribution is 6.20. The zero-order valence-electron chi connectivity index (χ0n) is 18.0. The van der Waals surface area contributed by atoms with E-state index in [1.165, 1.54) is 5.01 Å². The van der Waals surface area contributed by atoms with Crippen LogP contribution in [0, 0.1) is 0 Å². The molecule has 1 aliphatic rings. The maximum Gasteiger partial charge on any atom is 0.297 e. The minimum Gasteiger partial charge on any atom is -0.497 e. The quantitative estimate of drug-likeness (QED) is 0.565. The average Bonchev–Trinajstić information content (AvgIpc) is 3.14. The van der Waals surface area contributed by atoms with E-state index in [1.54, 1.807) is 39.5 Å². The highest BCUT2D eigenvalue weighted by Gasteiger charge is 2.32. The third-order valence-corrected chi connectivity index (χ3v) is 4.94. The van der Waals surface area contributed by atoms with Crippen molar-refractivity contribution in [2.45, 2.75) is 0 Å². The molecule has 0 atom stereocenters. The third-order valence-electron chi connectivity index (χ3n) is 4.94. The summed E-state index contributed by atoms with van der Waals surface area (Å²) in [5.74, 6) is 2.07. The maximum atomic E-state index is 13.3. The summed E-state index contributed by atoms with van der Waals surface area (Å²) in [4.78, 5) is 17.9. The first kappa shape index (κ1) is 21.0. The molecule has 0 radical (unpaired) electrons. The lowest BCUT2D eigenvalue weighted by Crippen LogP contribution is -2.37. The van der Waals surface area contributed by atoms with Gasteiger partial charge in [-0.1, -0.05) is 30.3 Å². The number of hydrogen-bond donors (Lipinski definition) is 1. The summed E-state index contributed by atoms with van der Waals surface area (Å²) < 4.78 is 16.0. The van der Waals surface area contributed by atoms with Crippen molar-refractivity contribution in [3.63, 3.8) is 0 Å². The van der Waals surface area contributed by atoms with Gasteiger partial charge in [0.15, 0.2) is 17.3 Å². The maximum absolute atomic E-state index is 13.3. The van der Waals surface area contributed by atoms with Crippen LogP contribution in [-0.2, 0) is 4.79 Å². The first-order chi connectivity index (χ1) is 15.6. The van der Waals surface area contributed by atoms with Gasteiger partial charge in [-0.3, -0.25) is 10.2 Å². The molecule has 0 saturated heterocycles. The number of nitrogens with one attached hydrogen (secondary N) is 1. The lowest BCUT2D eigenvalue weighted by Gasteiger charge is -2.21. The van der Waals surface area contributed by atoms with Gasteiger partial charge in [0.2, 0.25) is 0 Å². The van der Waals surface area contributed by atoms with Gasteiger partial charge in [-0.15, -0.1) is 0 Å². The van der Waals surface area contributed by atoms with Gasteiger partial charge in [0.1, 0.15) is 11.4 Å². The molecule has 0 saturated carbocycles. The average molecular weight is 429 g/mol. The molecule has 0 fully saturated rings. The number of amides is 1. The highest BCUT2D eigenvalue weighted by Crippen LogP contribution is 2.31. The van der Waals surface area contributed by atoms with Crippen molar-refractivity contribution in [3.8, 4) is 17.2 Å². The predicted octanol–water partition coefficient (Wildman–Crippen LogP) is 4.37. The second-order valence-electron chi connectivity index (χ2n) is 6.93. The molecule has 1 amide bonds. The van der Waals surface area contributed by atoms with Crippen LogP contribution in [0.5, 0.6) is 17.2 Å². The van der Waals surface area contributed by atoms with Crippen LogP contribution in [0.2, 0.25) is 0 Å². The van der Waals surface area contributed by atoms with Crippen molar-refractivity contribution in [2.75, 3.05) is 26.8 Å². The van der Waals surface area contributed by atoms with Crippen molar-refractivity contribution in [3.05, 3.63) is 89.6 Å². The fraction of sp³-hybridized carbons (Fsp3) is 0.120. The Morgan fingerprint density at radius 1 is 0.844 bits per heavy atom. The Labute approximate surface area is 186 Å².